The molecule has 0 atom stereocenters. The van der Waals surface area contributed by atoms with E-state index in [2.05, 4.69) is 17.1 Å². The fraction of sp³-hybridized carbons (Fsp3) is 1.00. The van der Waals surface area contributed by atoms with Gasteiger partial charge < -0.3 is 19.7 Å². The van der Waals surface area contributed by atoms with Gasteiger partial charge in [0.05, 0.1) is 12.7 Å². The number of hydrogen-bond acceptors (Lipinski definition) is 4. The van der Waals surface area contributed by atoms with Crippen molar-refractivity contribution in [3.8, 4) is 0 Å². The zero-order valence-corrected chi connectivity index (χ0v) is 11.4. The van der Waals surface area contributed by atoms with Crippen molar-refractivity contribution < 1.29 is 9.47 Å². The molecule has 0 bridgehead atoms. The summed E-state index contributed by atoms with van der Waals surface area (Å²) in [5.74, 6) is 0. The lowest BCUT2D eigenvalue weighted by atomic mass is 10.1. The van der Waals surface area contributed by atoms with Crippen molar-refractivity contribution >= 4 is 0 Å². The minimum absolute atomic E-state index is 0.510. The maximum Gasteiger partial charge on any atom is 0.0599 e. The van der Waals surface area contributed by atoms with Gasteiger partial charge >= 0.3 is 0 Å². The quantitative estimate of drug-likeness (QED) is 0.616. The molecule has 1 saturated heterocycles. The molecule has 0 amide bonds. The lowest BCUT2D eigenvalue weighted by Gasteiger charge is -2.31. The number of ether oxygens (including phenoxy) is 2. The van der Waals surface area contributed by atoms with Crippen LogP contribution in [0.5, 0.6) is 0 Å². The van der Waals surface area contributed by atoms with Crippen LogP contribution in [0.1, 0.15) is 26.2 Å². The monoisotopic (exact) mass is 244 g/mol. The molecule has 1 heterocycles. The molecule has 1 rings (SSSR count). The van der Waals surface area contributed by atoms with Crippen LogP contribution in [-0.2, 0) is 9.47 Å². The lowest BCUT2D eigenvalue weighted by Crippen LogP contribution is -2.38. The van der Waals surface area contributed by atoms with Gasteiger partial charge in [-0.1, -0.05) is 0 Å². The Labute approximate surface area is 106 Å². The van der Waals surface area contributed by atoms with E-state index in [-0.39, 0.29) is 0 Å². The molecule has 17 heavy (non-hydrogen) atoms. The third-order valence-electron chi connectivity index (χ3n) is 3.25. The summed E-state index contributed by atoms with van der Waals surface area (Å²) in [5.41, 5.74) is 0. The number of rotatable bonds is 9. The van der Waals surface area contributed by atoms with Crippen LogP contribution < -0.4 is 5.32 Å². The summed E-state index contributed by atoms with van der Waals surface area (Å²) in [6.45, 7) is 9.40. The Kier molecular flexibility index (Phi) is 8.61. The second-order valence-electron chi connectivity index (χ2n) is 4.59. The maximum atomic E-state index is 5.65. The molecular formula is C13H28N2O2. The normalized spacial score (nSPS) is 18.7. The number of nitrogens with one attached hydrogen (secondary N) is 1. The van der Waals surface area contributed by atoms with Gasteiger partial charge in [0.15, 0.2) is 0 Å². The molecule has 4 heteroatoms. The Morgan fingerprint density at radius 3 is 2.65 bits per heavy atom. The zero-order valence-electron chi connectivity index (χ0n) is 11.4. The van der Waals surface area contributed by atoms with E-state index in [0.29, 0.717) is 6.10 Å². The topological polar surface area (TPSA) is 33.7 Å². The third kappa shape index (κ3) is 6.99. The fourth-order valence-electron chi connectivity index (χ4n) is 2.26. The minimum atomic E-state index is 0.510. The van der Waals surface area contributed by atoms with Gasteiger partial charge in [-0.25, -0.2) is 0 Å². The van der Waals surface area contributed by atoms with Gasteiger partial charge in [0, 0.05) is 33.4 Å². The predicted molar refractivity (Wildman–Crippen MR) is 70.5 cm³/mol. The summed E-state index contributed by atoms with van der Waals surface area (Å²) >= 11 is 0. The van der Waals surface area contributed by atoms with E-state index in [1.54, 1.807) is 7.11 Å². The summed E-state index contributed by atoms with van der Waals surface area (Å²) in [5, 5.41) is 3.38. The molecule has 4 nitrogen and oxygen atoms in total. The van der Waals surface area contributed by atoms with Crippen LogP contribution in [0.3, 0.4) is 0 Å². The summed E-state index contributed by atoms with van der Waals surface area (Å²) in [6.07, 6.45) is 4.13. The van der Waals surface area contributed by atoms with Crippen molar-refractivity contribution in [1.29, 1.82) is 0 Å². The average Bonchev–Trinajstić information content (AvgIpc) is 2.36. The summed E-state index contributed by atoms with van der Waals surface area (Å²) in [4.78, 5) is 2.55. The van der Waals surface area contributed by atoms with Crippen molar-refractivity contribution in [2.24, 2.45) is 0 Å². The maximum absolute atomic E-state index is 5.65. The summed E-state index contributed by atoms with van der Waals surface area (Å²) in [6, 6.07) is 0. The van der Waals surface area contributed by atoms with E-state index in [4.69, 9.17) is 9.47 Å². The van der Waals surface area contributed by atoms with Crippen LogP contribution in [-0.4, -0.2) is 64.1 Å². The molecular weight excluding hydrogens is 216 g/mol. The number of nitrogens with zero attached hydrogens (tertiary/aromatic N) is 1. The first-order valence-corrected chi connectivity index (χ1v) is 6.90. The van der Waals surface area contributed by atoms with E-state index >= 15 is 0 Å². The van der Waals surface area contributed by atoms with E-state index in [0.717, 1.165) is 26.3 Å². The second kappa shape index (κ2) is 9.83. The van der Waals surface area contributed by atoms with Gasteiger partial charge in [-0.2, -0.15) is 0 Å². The van der Waals surface area contributed by atoms with Crippen molar-refractivity contribution in [2.45, 2.75) is 32.3 Å². The van der Waals surface area contributed by atoms with Crippen LogP contribution in [0.2, 0.25) is 0 Å². The van der Waals surface area contributed by atoms with Crippen molar-refractivity contribution in [3.05, 3.63) is 0 Å². The lowest BCUT2D eigenvalue weighted by molar-refractivity contribution is 0.0141. The third-order valence-corrected chi connectivity index (χ3v) is 3.25. The highest BCUT2D eigenvalue weighted by molar-refractivity contribution is 4.72. The molecule has 0 aromatic rings. The van der Waals surface area contributed by atoms with Gasteiger partial charge in [-0.3, -0.25) is 0 Å². The highest BCUT2D eigenvalue weighted by Crippen LogP contribution is 2.13. The van der Waals surface area contributed by atoms with Crippen molar-refractivity contribution in [1.82, 2.24) is 10.2 Å². The average molecular weight is 244 g/mol. The highest BCUT2D eigenvalue weighted by Gasteiger charge is 2.18. The van der Waals surface area contributed by atoms with Gasteiger partial charge in [-0.15, -0.1) is 0 Å². The number of methoxy groups -OCH3 is 1. The fourth-order valence-corrected chi connectivity index (χ4v) is 2.26. The zero-order chi connectivity index (χ0) is 12.3. The molecule has 1 aliphatic rings. The Morgan fingerprint density at radius 2 is 2.00 bits per heavy atom. The molecule has 0 radical (unpaired) electrons. The van der Waals surface area contributed by atoms with E-state index in [1.807, 2.05) is 0 Å². The SMILES string of the molecule is CCOC1CCN(CCCNCCOC)CC1. The Balaban J connectivity index is 1.91. The molecule has 1 fully saturated rings. The van der Waals surface area contributed by atoms with Crippen LogP contribution in [0, 0.1) is 0 Å². The number of piperidine rings is 1. The van der Waals surface area contributed by atoms with Crippen LogP contribution in [0.25, 0.3) is 0 Å². The van der Waals surface area contributed by atoms with Gasteiger partial charge in [0.25, 0.3) is 0 Å². The highest BCUT2D eigenvalue weighted by atomic mass is 16.5. The van der Waals surface area contributed by atoms with Crippen LogP contribution >= 0.6 is 0 Å². The molecule has 0 aromatic heterocycles. The molecule has 0 aliphatic carbocycles. The summed E-state index contributed by atoms with van der Waals surface area (Å²) < 4.78 is 10.6. The van der Waals surface area contributed by atoms with E-state index in [1.165, 1.54) is 38.9 Å². The molecule has 1 N–H and O–H groups in total. The van der Waals surface area contributed by atoms with Crippen molar-refractivity contribution in [3.63, 3.8) is 0 Å². The van der Waals surface area contributed by atoms with Crippen LogP contribution in [0.4, 0.5) is 0 Å². The standard InChI is InChI=1S/C13H28N2O2/c1-3-17-13-5-10-15(11-6-13)9-4-7-14-8-12-16-2/h13-14H,3-12H2,1-2H3. The largest absolute Gasteiger partial charge is 0.383 e. The summed E-state index contributed by atoms with van der Waals surface area (Å²) in [7, 11) is 1.74. The predicted octanol–water partition coefficient (Wildman–Crippen LogP) is 1.11. The van der Waals surface area contributed by atoms with Crippen molar-refractivity contribution in [2.75, 3.05) is 53.0 Å². The Bertz CT molecular complexity index is 171. The molecule has 0 aromatic carbocycles. The first-order valence-electron chi connectivity index (χ1n) is 6.90. The molecule has 102 valence electrons. The molecule has 0 saturated carbocycles. The molecule has 0 spiro atoms. The van der Waals surface area contributed by atoms with Gasteiger partial charge in [-0.05, 0) is 39.3 Å². The Morgan fingerprint density at radius 1 is 1.24 bits per heavy atom. The minimum Gasteiger partial charge on any atom is -0.383 e. The first-order chi connectivity index (χ1) is 8.36. The smallest absolute Gasteiger partial charge is 0.0599 e. The number of hydrogen-bond donors (Lipinski definition) is 1. The van der Waals surface area contributed by atoms with Crippen LogP contribution in [0.15, 0.2) is 0 Å². The van der Waals surface area contributed by atoms with E-state index < -0.39 is 0 Å². The van der Waals surface area contributed by atoms with Gasteiger partial charge in [0.1, 0.15) is 0 Å². The second-order valence-corrected chi connectivity index (χ2v) is 4.59. The molecule has 1 aliphatic heterocycles. The van der Waals surface area contributed by atoms with E-state index in [9.17, 15) is 0 Å². The first kappa shape index (κ1) is 14.9. The molecule has 0 unspecified atom stereocenters. The van der Waals surface area contributed by atoms with Gasteiger partial charge in [0.2, 0.25) is 0 Å². The number of likely N-dealkylation sites (tertiary alicyclic amines) is 1. The Hall–Kier alpha value is -0.160.